The van der Waals surface area contributed by atoms with Crippen LogP contribution in [0.3, 0.4) is 0 Å². The van der Waals surface area contributed by atoms with Crippen LogP contribution >= 0.6 is 0 Å². The summed E-state index contributed by atoms with van der Waals surface area (Å²) in [5.41, 5.74) is 3.13. The molecule has 2 aromatic heterocycles. The highest BCUT2D eigenvalue weighted by Crippen LogP contribution is 2.43. The molecule has 2 aliphatic heterocycles. The van der Waals surface area contributed by atoms with Gasteiger partial charge in [0.25, 0.3) is 0 Å². The number of carbonyl (C=O) groups excluding carboxylic acids is 1. The van der Waals surface area contributed by atoms with Gasteiger partial charge in [-0.15, -0.1) is 0 Å². The molecule has 4 heterocycles. The largest absolute Gasteiger partial charge is 0.370 e. The molecule has 0 spiro atoms. The van der Waals surface area contributed by atoms with Crippen molar-refractivity contribution in [2.75, 3.05) is 70.5 Å². The maximum atomic E-state index is 12.4. The summed E-state index contributed by atoms with van der Waals surface area (Å²) in [5, 5.41) is 11.7. The SMILES string of the molecule is Cc1nn(C2CCN(C)CC2)cc1Nc1ncc(C2CC2)c(NCCCN2CCN(C)CCC2=O)n1. The van der Waals surface area contributed by atoms with Crippen LogP contribution in [0.15, 0.2) is 12.4 Å². The highest BCUT2D eigenvalue weighted by molar-refractivity contribution is 5.76. The quantitative estimate of drug-likeness (QED) is 0.513. The van der Waals surface area contributed by atoms with E-state index >= 15 is 0 Å². The van der Waals surface area contributed by atoms with Gasteiger partial charge in [-0.05, 0) is 72.1 Å². The summed E-state index contributed by atoms with van der Waals surface area (Å²) in [7, 11) is 4.26. The minimum Gasteiger partial charge on any atom is -0.370 e. The van der Waals surface area contributed by atoms with Gasteiger partial charge < -0.3 is 25.3 Å². The number of nitrogens with one attached hydrogen (secondary N) is 2. The first-order chi connectivity index (χ1) is 17.5. The number of piperidine rings is 1. The van der Waals surface area contributed by atoms with Gasteiger partial charge in [0.15, 0.2) is 0 Å². The fourth-order valence-corrected chi connectivity index (χ4v) is 5.14. The van der Waals surface area contributed by atoms with Gasteiger partial charge in [-0.3, -0.25) is 9.48 Å². The molecule has 1 saturated carbocycles. The fourth-order valence-electron chi connectivity index (χ4n) is 5.14. The Hall–Kier alpha value is -2.72. The zero-order valence-electron chi connectivity index (χ0n) is 22.0. The van der Waals surface area contributed by atoms with Crippen molar-refractivity contribution < 1.29 is 4.79 Å². The number of amides is 1. The molecule has 2 N–H and O–H groups in total. The molecule has 2 aromatic rings. The van der Waals surface area contributed by atoms with E-state index in [9.17, 15) is 4.79 Å². The first-order valence-corrected chi connectivity index (χ1v) is 13.5. The van der Waals surface area contributed by atoms with Crippen molar-refractivity contribution in [3.05, 3.63) is 23.7 Å². The van der Waals surface area contributed by atoms with Crippen LogP contribution in [0.2, 0.25) is 0 Å². The molecule has 10 heteroatoms. The van der Waals surface area contributed by atoms with Crippen LogP contribution in [0.5, 0.6) is 0 Å². The zero-order valence-corrected chi connectivity index (χ0v) is 22.0. The number of rotatable bonds is 9. The molecule has 0 radical (unpaired) electrons. The van der Waals surface area contributed by atoms with Crippen LogP contribution < -0.4 is 10.6 Å². The third-order valence-electron chi connectivity index (χ3n) is 7.77. The highest BCUT2D eigenvalue weighted by atomic mass is 16.2. The van der Waals surface area contributed by atoms with E-state index in [2.05, 4.69) is 50.4 Å². The van der Waals surface area contributed by atoms with Gasteiger partial charge in [0.05, 0.1) is 17.4 Å². The predicted molar refractivity (Wildman–Crippen MR) is 142 cm³/mol. The number of carbonyl (C=O) groups is 1. The monoisotopic (exact) mass is 495 g/mol. The Morgan fingerprint density at radius 3 is 2.58 bits per heavy atom. The van der Waals surface area contributed by atoms with Crippen molar-refractivity contribution in [2.24, 2.45) is 0 Å². The van der Waals surface area contributed by atoms with Crippen LogP contribution in [0.25, 0.3) is 0 Å². The first-order valence-electron chi connectivity index (χ1n) is 13.5. The molecule has 0 atom stereocenters. The number of aromatic nitrogens is 4. The molecule has 36 heavy (non-hydrogen) atoms. The molecule has 1 amide bonds. The standard InChI is InChI=1S/C26H41N9O/c1-19-23(18-35(31-19)21-7-12-32(2)13-8-21)29-26-28-17-22(20-5-6-20)25(30-26)27-10-4-11-34-16-15-33(3)14-9-24(34)36/h17-18,20-21H,4-16H2,1-3H3,(H2,27,28,29,30). The Kier molecular flexibility index (Phi) is 7.71. The average molecular weight is 496 g/mol. The maximum absolute atomic E-state index is 12.4. The Labute approximate surface area is 214 Å². The summed E-state index contributed by atoms with van der Waals surface area (Å²) >= 11 is 0. The minimum absolute atomic E-state index is 0.266. The van der Waals surface area contributed by atoms with Gasteiger partial charge in [-0.1, -0.05) is 0 Å². The van der Waals surface area contributed by atoms with Crippen LogP contribution in [0, 0.1) is 6.92 Å². The number of likely N-dealkylation sites (tertiary alicyclic amines) is 1. The molecule has 0 bridgehead atoms. The maximum Gasteiger partial charge on any atom is 0.229 e. The van der Waals surface area contributed by atoms with E-state index in [1.807, 2.05) is 18.0 Å². The van der Waals surface area contributed by atoms with Crippen LogP contribution in [-0.2, 0) is 4.79 Å². The van der Waals surface area contributed by atoms with Gasteiger partial charge in [-0.2, -0.15) is 10.1 Å². The van der Waals surface area contributed by atoms with E-state index in [-0.39, 0.29) is 5.91 Å². The molecule has 3 fully saturated rings. The predicted octanol–water partition coefficient (Wildman–Crippen LogP) is 2.84. The molecule has 0 unspecified atom stereocenters. The summed E-state index contributed by atoms with van der Waals surface area (Å²) in [6.45, 7) is 8.42. The van der Waals surface area contributed by atoms with Crippen molar-refractivity contribution in [3.8, 4) is 0 Å². The lowest BCUT2D eigenvalue weighted by Crippen LogP contribution is -2.34. The molecular formula is C26H41N9O. The fraction of sp³-hybridized carbons (Fsp3) is 0.692. The van der Waals surface area contributed by atoms with E-state index < -0.39 is 0 Å². The summed E-state index contributed by atoms with van der Waals surface area (Å²) in [5.74, 6) is 2.33. The lowest BCUT2D eigenvalue weighted by molar-refractivity contribution is -0.130. The van der Waals surface area contributed by atoms with Crippen LogP contribution in [-0.4, -0.2) is 100 Å². The van der Waals surface area contributed by atoms with Crippen molar-refractivity contribution in [1.82, 2.24) is 34.4 Å². The molecule has 2 saturated heterocycles. The van der Waals surface area contributed by atoms with E-state index in [0.717, 1.165) is 82.3 Å². The number of hydrogen-bond acceptors (Lipinski definition) is 8. The second-order valence-electron chi connectivity index (χ2n) is 10.8. The van der Waals surface area contributed by atoms with Gasteiger partial charge in [0.2, 0.25) is 11.9 Å². The lowest BCUT2D eigenvalue weighted by atomic mass is 10.1. The summed E-state index contributed by atoms with van der Waals surface area (Å²) in [6.07, 6.45) is 10.2. The van der Waals surface area contributed by atoms with Crippen molar-refractivity contribution in [3.63, 3.8) is 0 Å². The van der Waals surface area contributed by atoms with E-state index in [4.69, 9.17) is 10.1 Å². The van der Waals surface area contributed by atoms with Gasteiger partial charge >= 0.3 is 0 Å². The van der Waals surface area contributed by atoms with E-state index in [0.29, 0.717) is 24.3 Å². The Bertz CT molecular complexity index is 1040. The third kappa shape index (κ3) is 6.15. The van der Waals surface area contributed by atoms with Gasteiger partial charge in [0, 0.05) is 57.1 Å². The van der Waals surface area contributed by atoms with E-state index in [1.54, 1.807) is 0 Å². The first kappa shape index (κ1) is 25.0. The summed E-state index contributed by atoms with van der Waals surface area (Å²) < 4.78 is 2.12. The normalized spacial score (nSPS) is 20.5. The third-order valence-corrected chi connectivity index (χ3v) is 7.77. The number of hydrogen-bond donors (Lipinski definition) is 2. The number of anilines is 3. The molecule has 5 rings (SSSR count). The Morgan fingerprint density at radius 1 is 1.03 bits per heavy atom. The van der Waals surface area contributed by atoms with Crippen LogP contribution in [0.4, 0.5) is 17.5 Å². The molecule has 196 valence electrons. The second kappa shape index (κ2) is 11.1. The zero-order chi connectivity index (χ0) is 25.1. The number of likely N-dealkylation sites (N-methyl/N-ethyl adjacent to an activating group) is 1. The summed E-state index contributed by atoms with van der Waals surface area (Å²) in [6, 6.07) is 0.447. The van der Waals surface area contributed by atoms with E-state index in [1.165, 1.54) is 18.4 Å². The minimum atomic E-state index is 0.266. The molecule has 10 nitrogen and oxygen atoms in total. The van der Waals surface area contributed by atoms with Crippen molar-refractivity contribution >= 4 is 23.4 Å². The molecule has 0 aromatic carbocycles. The second-order valence-corrected chi connectivity index (χ2v) is 10.8. The van der Waals surface area contributed by atoms with Gasteiger partial charge in [0.1, 0.15) is 5.82 Å². The smallest absolute Gasteiger partial charge is 0.229 e. The summed E-state index contributed by atoms with van der Waals surface area (Å²) in [4.78, 5) is 28.5. The molecular weight excluding hydrogens is 454 g/mol. The number of nitrogens with zero attached hydrogens (tertiary/aromatic N) is 7. The van der Waals surface area contributed by atoms with Crippen molar-refractivity contribution in [2.45, 2.75) is 57.4 Å². The van der Waals surface area contributed by atoms with Gasteiger partial charge in [-0.25, -0.2) is 4.98 Å². The van der Waals surface area contributed by atoms with Crippen molar-refractivity contribution in [1.29, 1.82) is 0 Å². The highest BCUT2D eigenvalue weighted by Gasteiger charge is 2.28. The number of aryl methyl sites for hydroxylation is 1. The molecule has 3 aliphatic rings. The Morgan fingerprint density at radius 2 is 1.81 bits per heavy atom. The average Bonchev–Trinajstić information content (AvgIpc) is 3.67. The molecule has 1 aliphatic carbocycles. The lowest BCUT2D eigenvalue weighted by Gasteiger charge is -2.28. The Balaban J connectivity index is 1.20. The van der Waals surface area contributed by atoms with Crippen LogP contribution in [0.1, 0.15) is 61.7 Å². The topological polar surface area (TPSA) is 94.5 Å².